The van der Waals surface area contributed by atoms with Crippen LogP contribution >= 0.6 is 0 Å². The predicted octanol–water partition coefficient (Wildman–Crippen LogP) is 3.23. The van der Waals surface area contributed by atoms with E-state index in [0.29, 0.717) is 42.6 Å². The average molecular weight is 432 g/mol. The maximum absolute atomic E-state index is 11.2. The summed E-state index contributed by atoms with van der Waals surface area (Å²) in [5, 5.41) is 5.50. The maximum Gasteiger partial charge on any atom is 0.248 e. The first kappa shape index (κ1) is 21.0. The number of amides is 1. The van der Waals surface area contributed by atoms with Crippen LogP contribution in [0.1, 0.15) is 15.9 Å². The molecule has 1 heterocycles. The fourth-order valence-corrected chi connectivity index (χ4v) is 3.36. The van der Waals surface area contributed by atoms with Gasteiger partial charge in [0.15, 0.2) is 0 Å². The molecule has 32 heavy (non-hydrogen) atoms. The molecule has 8 nitrogen and oxygen atoms in total. The zero-order valence-electron chi connectivity index (χ0n) is 17.7. The molecule has 0 atom stereocenters. The van der Waals surface area contributed by atoms with Gasteiger partial charge in [-0.15, -0.1) is 5.10 Å². The lowest BCUT2D eigenvalue weighted by atomic mass is 10.2. The number of methoxy groups -OCH3 is 1. The van der Waals surface area contributed by atoms with E-state index in [4.69, 9.17) is 25.7 Å². The molecule has 0 aliphatic carbocycles. The van der Waals surface area contributed by atoms with Crippen LogP contribution in [0.2, 0.25) is 0 Å². The normalized spacial score (nSPS) is 10.8. The second-order valence-corrected chi connectivity index (χ2v) is 7.18. The number of primary amides is 1. The van der Waals surface area contributed by atoms with Gasteiger partial charge in [-0.3, -0.25) is 9.48 Å². The van der Waals surface area contributed by atoms with Crippen LogP contribution in [0.5, 0.6) is 17.4 Å². The lowest BCUT2D eigenvalue weighted by molar-refractivity contribution is 0.1000. The number of rotatable bonds is 9. The van der Waals surface area contributed by atoms with Crippen molar-refractivity contribution in [3.63, 3.8) is 0 Å². The van der Waals surface area contributed by atoms with Gasteiger partial charge in [-0.1, -0.05) is 12.1 Å². The van der Waals surface area contributed by atoms with E-state index in [9.17, 15) is 4.79 Å². The third-order valence-electron chi connectivity index (χ3n) is 4.94. The van der Waals surface area contributed by atoms with E-state index in [1.807, 2.05) is 47.1 Å². The summed E-state index contributed by atoms with van der Waals surface area (Å²) in [7, 11) is 1.62. The summed E-state index contributed by atoms with van der Waals surface area (Å²) >= 11 is 0. The number of nitrogen functional groups attached to an aromatic ring is 1. The van der Waals surface area contributed by atoms with Gasteiger partial charge in [-0.2, -0.15) is 0 Å². The van der Waals surface area contributed by atoms with Gasteiger partial charge >= 0.3 is 0 Å². The molecule has 0 saturated carbocycles. The Morgan fingerprint density at radius 2 is 1.72 bits per heavy atom. The van der Waals surface area contributed by atoms with Crippen molar-refractivity contribution >= 4 is 22.5 Å². The average Bonchev–Trinajstić information content (AvgIpc) is 3.13. The SMILES string of the molecule is COc1ccc2c(c1)c(OCCOc1ccc(C(N)=O)cc1)nn2Cc1cccc(N)c1. The number of aromatic nitrogens is 2. The quantitative estimate of drug-likeness (QED) is 0.310. The van der Waals surface area contributed by atoms with Crippen molar-refractivity contribution in [2.24, 2.45) is 5.73 Å². The molecule has 0 radical (unpaired) electrons. The third kappa shape index (κ3) is 4.75. The number of hydrogen-bond donors (Lipinski definition) is 2. The van der Waals surface area contributed by atoms with Crippen LogP contribution in [0, 0.1) is 0 Å². The van der Waals surface area contributed by atoms with Gasteiger partial charge in [0.2, 0.25) is 11.8 Å². The summed E-state index contributed by atoms with van der Waals surface area (Å²) in [4.78, 5) is 11.2. The molecule has 0 fully saturated rings. The van der Waals surface area contributed by atoms with E-state index in [0.717, 1.165) is 22.2 Å². The molecule has 1 aromatic heterocycles. The first-order valence-electron chi connectivity index (χ1n) is 10.1. The lowest BCUT2D eigenvalue weighted by Gasteiger charge is -2.07. The largest absolute Gasteiger partial charge is 0.497 e. The molecule has 164 valence electrons. The molecular weight excluding hydrogens is 408 g/mol. The number of carbonyl (C=O) groups excluding carboxylic acids is 1. The zero-order chi connectivity index (χ0) is 22.5. The predicted molar refractivity (Wildman–Crippen MR) is 122 cm³/mol. The van der Waals surface area contributed by atoms with E-state index >= 15 is 0 Å². The Morgan fingerprint density at radius 3 is 2.44 bits per heavy atom. The van der Waals surface area contributed by atoms with Crippen molar-refractivity contribution in [1.82, 2.24) is 9.78 Å². The van der Waals surface area contributed by atoms with Gasteiger partial charge in [0.05, 0.1) is 24.6 Å². The zero-order valence-corrected chi connectivity index (χ0v) is 17.7. The van der Waals surface area contributed by atoms with E-state index in [2.05, 4.69) is 5.10 Å². The van der Waals surface area contributed by atoms with Gasteiger partial charge < -0.3 is 25.7 Å². The number of benzene rings is 3. The van der Waals surface area contributed by atoms with Gasteiger partial charge in [0, 0.05) is 11.3 Å². The fourth-order valence-electron chi connectivity index (χ4n) is 3.36. The summed E-state index contributed by atoms with van der Waals surface area (Å²) in [6.45, 7) is 1.16. The molecule has 4 rings (SSSR count). The summed E-state index contributed by atoms with van der Waals surface area (Å²) < 4.78 is 18.9. The van der Waals surface area contributed by atoms with Crippen molar-refractivity contribution in [2.45, 2.75) is 6.54 Å². The van der Waals surface area contributed by atoms with Gasteiger partial charge in [0.25, 0.3) is 0 Å². The summed E-state index contributed by atoms with van der Waals surface area (Å²) in [6, 6.07) is 20.1. The van der Waals surface area contributed by atoms with E-state index in [-0.39, 0.29) is 0 Å². The molecule has 0 saturated heterocycles. The summed E-state index contributed by atoms with van der Waals surface area (Å²) in [5.74, 6) is 1.36. The minimum atomic E-state index is -0.476. The van der Waals surface area contributed by atoms with Crippen molar-refractivity contribution in [2.75, 3.05) is 26.1 Å². The lowest BCUT2D eigenvalue weighted by Crippen LogP contribution is -2.11. The Labute approximate surface area is 185 Å². The molecule has 0 unspecified atom stereocenters. The molecule has 0 bridgehead atoms. The standard InChI is InChI=1S/C24H24N4O4/c1-30-20-9-10-22-21(14-20)24(27-28(22)15-16-3-2-4-18(25)13-16)32-12-11-31-19-7-5-17(6-8-19)23(26)29/h2-10,13-14H,11-12,15,25H2,1H3,(H2,26,29). The Kier molecular flexibility index (Phi) is 6.12. The molecular formula is C24H24N4O4. The fraction of sp³-hybridized carbons (Fsp3) is 0.167. The summed E-state index contributed by atoms with van der Waals surface area (Å²) in [5.41, 5.74) is 14.3. The number of hydrogen-bond acceptors (Lipinski definition) is 6. The van der Waals surface area contributed by atoms with Gasteiger partial charge in [0.1, 0.15) is 24.7 Å². The van der Waals surface area contributed by atoms with E-state index in [1.54, 1.807) is 31.4 Å². The highest BCUT2D eigenvalue weighted by Crippen LogP contribution is 2.29. The van der Waals surface area contributed by atoms with Crippen LogP contribution in [0.3, 0.4) is 0 Å². The number of carbonyl (C=O) groups is 1. The molecule has 1 amide bonds. The third-order valence-corrected chi connectivity index (χ3v) is 4.94. The Hall–Kier alpha value is -4.20. The van der Waals surface area contributed by atoms with Crippen molar-refractivity contribution in [3.8, 4) is 17.4 Å². The first-order chi connectivity index (χ1) is 15.5. The Morgan fingerprint density at radius 1 is 0.969 bits per heavy atom. The Bertz CT molecular complexity index is 1230. The highest BCUT2D eigenvalue weighted by atomic mass is 16.5. The first-order valence-corrected chi connectivity index (χ1v) is 10.1. The van der Waals surface area contributed by atoms with Crippen molar-refractivity contribution < 1.29 is 19.0 Å². The maximum atomic E-state index is 11.2. The smallest absolute Gasteiger partial charge is 0.248 e. The second kappa shape index (κ2) is 9.30. The highest BCUT2D eigenvalue weighted by Gasteiger charge is 2.14. The van der Waals surface area contributed by atoms with Crippen LogP contribution in [0.15, 0.2) is 66.7 Å². The molecule has 4 N–H and O–H groups in total. The molecule has 4 aromatic rings. The number of nitrogens with two attached hydrogens (primary N) is 2. The Balaban J connectivity index is 1.48. The van der Waals surface area contributed by atoms with Crippen molar-refractivity contribution in [3.05, 3.63) is 77.9 Å². The molecule has 3 aromatic carbocycles. The molecule has 0 aliphatic rings. The highest BCUT2D eigenvalue weighted by molar-refractivity contribution is 5.92. The van der Waals surface area contributed by atoms with Crippen LogP contribution in [0.4, 0.5) is 5.69 Å². The monoisotopic (exact) mass is 432 g/mol. The molecule has 0 spiro atoms. The second-order valence-electron chi connectivity index (χ2n) is 7.18. The molecule has 0 aliphatic heterocycles. The van der Waals surface area contributed by atoms with Crippen LogP contribution in [-0.2, 0) is 6.54 Å². The minimum Gasteiger partial charge on any atom is -0.497 e. The minimum absolute atomic E-state index is 0.291. The number of ether oxygens (including phenoxy) is 3. The van der Waals surface area contributed by atoms with Crippen molar-refractivity contribution in [1.29, 1.82) is 0 Å². The van der Waals surface area contributed by atoms with Crippen LogP contribution in [0.25, 0.3) is 10.9 Å². The summed E-state index contributed by atoms with van der Waals surface area (Å²) in [6.07, 6.45) is 0. The topological polar surface area (TPSA) is 115 Å². The molecule has 8 heteroatoms. The number of nitrogens with zero attached hydrogens (tertiary/aromatic N) is 2. The van der Waals surface area contributed by atoms with Gasteiger partial charge in [-0.05, 0) is 60.2 Å². The van der Waals surface area contributed by atoms with Crippen LogP contribution < -0.4 is 25.7 Å². The van der Waals surface area contributed by atoms with E-state index in [1.165, 1.54) is 0 Å². The van der Waals surface area contributed by atoms with Crippen LogP contribution in [-0.4, -0.2) is 36.0 Å². The number of anilines is 1. The van der Waals surface area contributed by atoms with E-state index < -0.39 is 5.91 Å². The van der Waals surface area contributed by atoms with Gasteiger partial charge in [-0.25, -0.2) is 0 Å². The number of fused-ring (bicyclic) bond motifs is 1.